The van der Waals surface area contributed by atoms with Gasteiger partial charge in [0, 0.05) is 11.8 Å². The minimum absolute atomic E-state index is 0.419. The van der Waals surface area contributed by atoms with Gasteiger partial charge in [-0.25, -0.2) is 4.98 Å². The smallest absolute Gasteiger partial charge is 0.104 e. The maximum Gasteiger partial charge on any atom is 0.104 e. The molecule has 2 nitrogen and oxygen atoms in total. The Kier molecular flexibility index (Phi) is 2.84. The fourth-order valence-corrected chi connectivity index (χ4v) is 1.21. The number of aromatic nitrogens is 1. The highest BCUT2D eigenvalue weighted by atomic mass is 32.2. The van der Waals surface area contributed by atoms with E-state index in [1.54, 1.807) is 18.0 Å². The lowest BCUT2D eigenvalue weighted by Gasteiger charge is -1.98. The van der Waals surface area contributed by atoms with Crippen LogP contribution in [0.1, 0.15) is 5.56 Å². The van der Waals surface area contributed by atoms with Crippen molar-refractivity contribution in [1.29, 1.82) is 0 Å². The zero-order valence-corrected chi connectivity index (χ0v) is 7.71. The number of thioether (sulfide) groups is 1. The second kappa shape index (κ2) is 3.69. The summed E-state index contributed by atoms with van der Waals surface area (Å²) in [4.78, 5) is 4.51. The SMILES string of the molecule is CSc1cc(C(N)=S)ccn1. The van der Waals surface area contributed by atoms with Crippen LogP contribution in [0, 0.1) is 0 Å². The molecule has 0 saturated carbocycles. The molecule has 4 heteroatoms. The van der Waals surface area contributed by atoms with Gasteiger partial charge in [-0.3, -0.25) is 0 Å². The van der Waals surface area contributed by atoms with Gasteiger partial charge in [-0.1, -0.05) is 12.2 Å². The molecule has 0 aliphatic heterocycles. The second-order valence-electron chi connectivity index (χ2n) is 1.95. The summed E-state index contributed by atoms with van der Waals surface area (Å²) < 4.78 is 0. The van der Waals surface area contributed by atoms with Crippen molar-refractivity contribution in [3.8, 4) is 0 Å². The minimum Gasteiger partial charge on any atom is -0.389 e. The summed E-state index contributed by atoms with van der Waals surface area (Å²) in [6, 6.07) is 3.69. The van der Waals surface area contributed by atoms with Gasteiger partial charge in [0.05, 0.1) is 5.03 Å². The van der Waals surface area contributed by atoms with Crippen molar-refractivity contribution >= 4 is 29.0 Å². The molecule has 0 unspecified atom stereocenters. The highest BCUT2D eigenvalue weighted by Crippen LogP contribution is 2.11. The standard InChI is InChI=1S/C7H8N2S2/c1-11-6-4-5(7(8)10)2-3-9-6/h2-4H,1H3,(H2,8,10). The number of thiocarbonyl (C=S) groups is 1. The molecule has 0 spiro atoms. The maximum absolute atomic E-state index is 5.43. The predicted octanol–water partition coefficient (Wildman–Crippen LogP) is 1.44. The van der Waals surface area contributed by atoms with E-state index < -0.39 is 0 Å². The number of hydrogen-bond acceptors (Lipinski definition) is 3. The van der Waals surface area contributed by atoms with Crippen LogP contribution in [0.2, 0.25) is 0 Å². The Morgan fingerprint density at radius 2 is 2.45 bits per heavy atom. The van der Waals surface area contributed by atoms with Crippen LogP contribution in [-0.2, 0) is 0 Å². The molecule has 1 aromatic heterocycles. The molecule has 0 aliphatic carbocycles. The molecule has 1 heterocycles. The number of nitrogens with zero attached hydrogens (tertiary/aromatic N) is 1. The first-order valence-electron chi connectivity index (χ1n) is 3.04. The van der Waals surface area contributed by atoms with Crippen molar-refractivity contribution in [1.82, 2.24) is 4.98 Å². The summed E-state index contributed by atoms with van der Waals surface area (Å²) in [5.74, 6) is 0. The molecule has 0 radical (unpaired) electrons. The van der Waals surface area contributed by atoms with Crippen LogP contribution >= 0.6 is 24.0 Å². The Bertz CT molecular complexity index is 273. The Morgan fingerprint density at radius 3 is 3.00 bits per heavy atom. The molecule has 0 saturated heterocycles. The lowest BCUT2D eigenvalue weighted by Crippen LogP contribution is -2.09. The largest absolute Gasteiger partial charge is 0.389 e. The van der Waals surface area contributed by atoms with Crippen molar-refractivity contribution in [3.63, 3.8) is 0 Å². The molecular formula is C7H8N2S2. The summed E-state index contributed by atoms with van der Waals surface area (Å²) in [7, 11) is 0. The average Bonchev–Trinajstić information content (AvgIpc) is 2.05. The molecule has 0 bridgehead atoms. The first-order valence-corrected chi connectivity index (χ1v) is 4.67. The third-order valence-corrected chi connectivity index (χ3v) is 2.11. The zero-order valence-electron chi connectivity index (χ0n) is 6.07. The fourth-order valence-electron chi connectivity index (χ4n) is 0.674. The summed E-state index contributed by atoms with van der Waals surface area (Å²) >= 11 is 6.38. The van der Waals surface area contributed by atoms with Crippen LogP contribution in [0.4, 0.5) is 0 Å². The van der Waals surface area contributed by atoms with Gasteiger partial charge in [-0.15, -0.1) is 11.8 Å². The van der Waals surface area contributed by atoms with E-state index in [0.29, 0.717) is 4.99 Å². The van der Waals surface area contributed by atoms with Crippen molar-refractivity contribution in [2.24, 2.45) is 5.73 Å². The molecule has 1 aromatic rings. The third-order valence-electron chi connectivity index (χ3n) is 1.23. The summed E-state index contributed by atoms with van der Waals surface area (Å²) in [5, 5.41) is 0.940. The van der Waals surface area contributed by atoms with Crippen LogP contribution in [0.3, 0.4) is 0 Å². The fraction of sp³-hybridized carbons (Fsp3) is 0.143. The highest BCUT2D eigenvalue weighted by Gasteiger charge is 1.96. The van der Waals surface area contributed by atoms with Crippen molar-refractivity contribution in [2.75, 3.05) is 6.26 Å². The van der Waals surface area contributed by atoms with Crippen LogP contribution in [0.25, 0.3) is 0 Å². The van der Waals surface area contributed by atoms with Crippen LogP contribution in [-0.4, -0.2) is 16.2 Å². The van der Waals surface area contributed by atoms with Gasteiger partial charge in [-0.05, 0) is 18.4 Å². The number of pyridine rings is 1. The van der Waals surface area contributed by atoms with Gasteiger partial charge in [0.25, 0.3) is 0 Å². The molecule has 0 aliphatic rings. The zero-order chi connectivity index (χ0) is 8.27. The van der Waals surface area contributed by atoms with Crippen molar-refractivity contribution in [3.05, 3.63) is 23.9 Å². The Hall–Kier alpha value is -0.610. The molecule has 1 rings (SSSR count). The van der Waals surface area contributed by atoms with E-state index in [1.807, 2.05) is 18.4 Å². The quantitative estimate of drug-likeness (QED) is 0.557. The lowest BCUT2D eigenvalue weighted by molar-refractivity contribution is 1.13. The van der Waals surface area contributed by atoms with E-state index in [9.17, 15) is 0 Å². The van der Waals surface area contributed by atoms with E-state index in [0.717, 1.165) is 10.6 Å². The van der Waals surface area contributed by atoms with Crippen LogP contribution in [0.5, 0.6) is 0 Å². The second-order valence-corrected chi connectivity index (χ2v) is 3.22. The molecule has 58 valence electrons. The van der Waals surface area contributed by atoms with E-state index in [2.05, 4.69) is 4.98 Å². The van der Waals surface area contributed by atoms with E-state index in [-0.39, 0.29) is 0 Å². The maximum atomic E-state index is 5.43. The molecular weight excluding hydrogens is 176 g/mol. The van der Waals surface area contributed by atoms with Crippen LogP contribution < -0.4 is 5.73 Å². The van der Waals surface area contributed by atoms with E-state index in [4.69, 9.17) is 18.0 Å². The summed E-state index contributed by atoms with van der Waals surface area (Å²) in [6.07, 6.45) is 3.67. The van der Waals surface area contributed by atoms with Gasteiger partial charge >= 0.3 is 0 Å². The minimum atomic E-state index is 0.419. The molecule has 2 N–H and O–H groups in total. The van der Waals surface area contributed by atoms with Crippen molar-refractivity contribution in [2.45, 2.75) is 5.03 Å². The summed E-state index contributed by atoms with van der Waals surface area (Å²) in [5.41, 5.74) is 6.31. The predicted molar refractivity (Wildman–Crippen MR) is 51.9 cm³/mol. The normalized spacial score (nSPS) is 9.55. The van der Waals surface area contributed by atoms with Gasteiger partial charge < -0.3 is 5.73 Å². The monoisotopic (exact) mass is 184 g/mol. The molecule has 0 fully saturated rings. The van der Waals surface area contributed by atoms with Gasteiger partial charge in [0.2, 0.25) is 0 Å². The lowest BCUT2D eigenvalue weighted by atomic mass is 10.3. The Labute approximate surface area is 75.2 Å². The molecule has 0 atom stereocenters. The number of nitrogens with two attached hydrogens (primary N) is 1. The Morgan fingerprint density at radius 1 is 1.73 bits per heavy atom. The number of hydrogen-bond donors (Lipinski definition) is 1. The van der Waals surface area contributed by atoms with Crippen molar-refractivity contribution < 1.29 is 0 Å². The average molecular weight is 184 g/mol. The first-order chi connectivity index (χ1) is 5.24. The van der Waals surface area contributed by atoms with E-state index in [1.165, 1.54) is 0 Å². The topological polar surface area (TPSA) is 38.9 Å². The number of rotatable bonds is 2. The Balaban J connectivity index is 3.01. The van der Waals surface area contributed by atoms with Gasteiger partial charge in [0.15, 0.2) is 0 Å². The summed E-state index contributed by atoms with van der Waals surface area (Å²) in [6.45, 7) is 0. The first kappa shape index (κ1) is 8.49. The van der Waals surface area contributed by atoms with Gasteiger partial charge in [-0.2, -0.15) is 0 Å². The van der Waals surface area contributed by atoms with Gasteiger partial charge in [0.1, 0.15) is 4.99 Å². The molecule has 11 heavy (non-hydrogen) atoms. The van der Waals surface area contributed by atoms with E-state index >= 15 is 0 Å². The van der Waals surface area contributed by atoms with Crippen LogP contribution in [0.15, 0.2) is 23.4 Å². The third kappa shape index (κ3) is 2.17. The molecule has 0 amide bonds. The highest BCUT2D eigenvalue weighted by molar-refractivity contribution is 7.98. The molecule has 0 aromatic carbocycles.